The predicted octanol–water partition coefficient (Wildman–Crippen LogP) is 3.08. The van der Waals surface area contributed by atoms with Crippen molar-refractivity contribution in [3.63, 3.8) is 0 Å². The average molecular weight is 341 g/mol. The highest BCUT2D eigenvalue weighted by Gasteiger charge is 2.39. The Kier molecular flexibility index (Phi) is 4.79. The van der Waals surface area contributed by atoms with Gasteiger partial charge in [-0.25, -0.2) is 9.37 Å². The van der Waals surface area contributed by atoms with Gasteiger partial charge >= 0.3 is 0 Å². The van der Waals surface area contributed by atoms with Crippen LogP contribution >= 0.6 is 0 Å². The number of hydrogen-bond acceptors (Lipinski definition) is 3. The van der Waals surface area contributed by atoms with Crippen molar-refractivity contribution in [1.29, 1.82) is 0 Å². The van der Waals surface area contributed by atoms with Crippen molar-refractivity contribution >= 4 is 17.6 Å². The smallest absolute Gasteiger partial charge is 0.231 e. The van der Waals surface area contributed by atoms with Gasteiger partial charge in [0.15, 0.2) is 0 Å². The van der Waals surface area contributed by atoms with Gasteiger partial charge in [-0.15, -0.1) is 0 Å². The third-order valence-electron chi connectivity index (χ3n) is 4.55. The molecule has 3 rings (SSSR count). The number of halogens is 1. The van der Waals surface area contributed by atoms with Crippen molar-refractivity contribution in [1.82, 2.24) is 9.88 Å². The van der Waals surface area contributed by atoms with Crippen LogP contribution in [0.4, 0.5) is 10.2 Å². The lowest BCUT2D eigenvalue weighted by Crippen LogP contribution is -2.44. The number of hydrogen-bond donors (Lipinski definition) is 1. The summed E-state index contributed by atoms with van der Waals surface area (Å²) in [4.78, 5) is 30.6. The quantitative estimate of drug-likeness (QED) is 0.933. The zero-order valence-electron chi connectivity index (χ0n) is 14.2. The summed E-state index contributed by atoms with van der Waals surface area (Å²) in [5.41, 5.74) is 1.61. The van der Waals surface area contributed by atoms with Gasteiger partial charge in [0, 0.05) is 19.7 Å². The normalized spacial score (nSPS) is 20.4. The molecule has 2 heterocycles. The SMILES string of the molecule is Cc1ccnc(NC(=O)[C@H]2CCC(=O)N(C)[C@H]2c2cccc(F)c2)c1. The van der Waals surface area contributed by atoms with Crippen LogP contribution in [0.25, 0.3) is 0 Å². The topological polar surface area (TPSA) is 62.3 Å². The highest BCUT2D eigenvalue weighted by Crippen LogP contribution is 2.36. The molecule has 2 amide bonds. The van der Waals surface area contributed by atoms with E-state index < -0.39 is 12.0 Å². The van der Waals surface area contributed by atoms with Gasteiger partial charge in [0.05, 0.1) is 12.0 Å². The van der Waals surface area contributed by atoms with E-state index in [0.717, 1.165) is 5.56 Å². The number of anilines is 1. The lowest BCUT2D eigenvalue weighted by atomic mass is 9.84. The highest BCUT2D eigenvalue weighted by molar-refractivity contribution is 5.94. The van der Waals surface area contributed by atoms with E-state index in [-0.39, 0.29) is 17.6 Å². The number of piperidine rings is 1. The van der Waals surface area contributed by atoms with Gasteiger partial charge in [0.2, 0.25) is 11.8 Å². The van der Waals surface area contributed by atoms with Gasteiger partial charge in [-0.2, -0.15) is 0 Å². The standard InChI is InChI=1S/C19H20FN3O2/c1-12-8-9-21-16(10-12)22-19(25)15-6-7-17(24)23(2)18(15)13-4-3-5-14(20)11-13/h3-5,8-11,15,18H,6-7H2,1-2H3,(H,21,22,25)/t15-,18-/m0/s1. The molecule has 1 aliphatic heterocycles. The molecule has 1 fully saturated rings. The largest absolute Gasteiger partial charge is 0.338 e. The summed E-state index contributed by atoms with van der Waals surface area (Å²) in [6.07, 6.45) is 2.34. The van der Waals surface area contributed by atoms with Crippen LogP contribution in [-0.4, -0.2) is 28.7 Å². The number of benzene rings is 1. The second kappa shape index (κ2) is 7.01. The summed E-state index contributed by atoms with van der Waals surface area (Å²) in [5.74, 6) is -0.642. The number of rotatable bonds is 3. The molecule has 25 heavy (non-hydrogen) atoms. The lowest BCUT2D eigenvalue weighted by molar-refractivity contribution is -0.140. The molecule has 0 radical (unpaired) electrons. The van der Waals surface area contributed by atoms with E-state index in [2.05, 4.69) is 10.3 Å². The molecule has 0 bridgehead atoms. The van der Waals surface area contributed by atoms with Crippen LogP contribution in [0.3, 0.4) is 0 Å². The first-order valence-electron chi connectivity index (χ1n) is 8.20. The summed E-state index contributed by atoms with van der Waals surface area (Å²) < 4.78 is 13.7. The second-order valence-electron chi connectivity index (χ2n) is 6.36. The van der Waals surface area contributed by atoms with E-state index in [0.29, 0.717) is 24.2 Å². The molecule has 1 saturated heterocycles. The number of carbonyl (C=O) groups is 2. The summed E-state index contributed by atoms with van der Waals surface area (Å²) in [7, 11) is 1.66. The van der Waals surface area contributed by atoms with E-state index >= 15 is 0 Å². The minimum Gasteiger partial charge on any atom is -0.338 e. The van der Waals surface area contributed by atoms with Crippen LogP contribution in [-0.2, 0) is 9.59 Å². The van der Waals surface area contributed by atoms with Crippen molar-refractivity contribution in [3.05, 3.63) is 59.5 Å². The number of aromatic nitrogens is 1. The fourth-order valence-corrected chi connectivity index (χ4v) is 3.28. The van der Waals surface area contributed by atoms with Gasteiger partial charge in [-0.1, -0.05) is 12.1 Å². The number of nitrogens with one attached hydrogen (secondary N) is 1. The third-order valence-corrected chi connectivity index (χ3v) is 4.55. The fraction of sp³-hybridized carbons (Fsp3) is 0.316. The minimum absolute atomic E-state index is 0.0491. The molecule has 2 aromatic rings. The Morgan fingerprint density at radius 1 is 1.32 bits per heavy atom. The molecule has 130 valence electrons. The van der Waals surface area contributed by atoms with E-state index in [1.54, 1.807) is 31.4 Å². The first-order chi connectivity index (χ1) is 12.0. The molecule has 0 saturated carbocycles. The lowest BCUT2D eigenvalue weighted by Gasteiger charge is -2.38. The Morgan fingerprint density at radius 2 is 2.12 bits per heavy atom. The van der Waals surface area contributed by atoms with Crippen molar-refractivity contribution in [2.75, 3.05) is 12.4 Å². The molecule has 0 unspecified atom stereocenters. The van der Waals surface area contributed by atoms with Crippen LogP contribution in [0.1, 0.15) is 30.0 Å². The van der Waals surface area contributed by atoms with Crippen molar-refractivity contribution in [3.8, 4) is 0 Å². The van der Waals surface area contributed by atoms with Gasteiger partial charge in [0.1, 0.15) is 11.6 Å². The van der Waals surface area contributed by atoms with Gasteiger partial charge < -0.3 is 10.2 Å². The van der Waals surface area contributed by atoms with Crippen molar-refractivity contribution < 1.29 is 14.0 Å². The summed E-state index contributed by atoms with van der Waals surface area (Å²) in [6, 6.07) is 9.19. The molecule has 1 aromatic carbocycles. The Hall–Kier alpha value is -2.76. The molecule has 5 nitrogen and oxygen atoms in total. The maximum Gasteiger partial charge on any atom is 0.231 e. The Labute approximate surface area is 145 Å². The monoisotopic (exact) mass is 341 g/mol. The molecule has 2 atom stereocenters. The summed E-state index contributed by atoms with van der Waals surface area (Å²) in [6.45, 7) is 1.92. The van der Waals surface area contributed by atoms with Crippen LogP contribution in [0.2, 0.25) is 0 Å². The van der Waals surface area contributed by atoms with E-state index in [1.807, 2.05) is 13.0 Å². The molecule has 1 N–H and O–H groups in total. The number of amides is 2. The minimum atomic E-state index is -0.498. The van der Waals surface area contributed by atoms with Crippen LogP contribution in [0.5, 0.6) is 0 Å². The van der Waals surface area contributed by atoms with Gasteiger partial charge in [0.25, 0.3) is 0 Å². The number of nitrogens with zero attached hydrogens (tertiary/aromatic N) is 2. The fourth-order valence-electron chi connectivity index (χ4n) is 3.28. The Morgan fingerprint density at radius 3 is 2.84 bits per heavy atom. The van der Waals surface area contributed by atoms with E-state index in [1.165, 1.54) is 17.0 Å². The van der Waals surface area contributed by atoms with Gasteiger partial charge in [-0.3, -0.25) is 9.59 Å². The van der Waals surface area contributed by atoms with Crippen LogP contribution < -0.4 is 5.32 Å². The summed E-state index contributed by atoms with van der Waals surface area (Å²) >= 11 is 0. The molecular weight excluding hydrogens is 321 g/mol. The maximum atomic E-state index is 13.7. The van der Waals surface area contributed by atoms with Gasteiger partial charge in [-0.05, 0) is 48.7 Å². The predicted molar refractivity (Wildman–Crippen MR) is 92.2 cm³/mol. The first-order valence-corrected chi connectivity index (χ1v) is 8.20. The third kappa shape index (κ3) is 3.68. The molecule has 0 spiro atoms. The Balaban J connectivity index is 1.89. The Bertz CT molecular complexity index is 809. The maximum absolute atomic E-state index is 13.7. The van der Waals surface area contributed by atoms with Crippen LogP contribution in [0, 0.1) is 18.7 Å². The first kappa shape index (κ1) is 17.1. The average Bonchev–Trinajstić information content (AvgIpc) is 2.57. The van der Waals surface area contributed by atoms with E-state index in [9.17, 15) is 14.0 Å². The van der Waals surface area contributed by atoms with E-state index in [4.69, 9.17) is 0 Å². The van der Waals surface area contributed by atoms with Crippen molar-refractivity contribution in [2.45, 2.75) is 25.8 Å². The number of pyridine rings is 1. The number of carbonyl (C=O) groups excluding carboxylic acids is 2. The molecule has 1 aromatic heterocycles. The molecular formula is C19H20FN3O2. The molecule has 6 heteroatoms. The van der Waals surface area contributed by atoms with Crippen LogP contribution in [0.15, 0.2) is 42.6 Å². The zero-order chi connectivity index (χ0) is 18.0. The number of likely N-dealkylation sites (tertiary alicyclic amines) is 1. The number of aryl methyl sites for hydroxylation is 1. The summed E-state index contributed by atoms with van der Waals surface area (Å²) in [5, 5.41) is 2.82. The highest BCUT2D eigenvalue weighted by atomic mass is 19.1. The molecule has 1 aliphatic rings. The van der Waals surface area contributed by atoms with Crippen molar-refractivity contribution in [2.24, 2.45) is 5.92 Å². The molecule has 0 aliphatic carbocycles. The zero-order valence-corrected chi connectivity index (χ0v) is 14.2. The second-order valence-corrected chi connectivity index (χ2v) is 6.36.